The Bertz CT molecular complexity index is 1250. The third kappa shape index (κ3) is 6.42. The second kappa shape index (κ2) is 12.3. The minimum atomic E-state index is -3.70. The fourth-order valence-corrected chi connectivity index (χ4v) is 4.46. The zero-order valence-corrected chi connectivity index (χ0v) is 21.1. The Morgan fingerprint density at radius 3 is 2.08 bits per heavy atom. The number of aromatic nitrogens is 2. The van der Waals surface area contributed by atoms with Gasteiger partial charge in [-0.25, -0.2) is 17.4 Å². The third-order valence-electron chi connectivity index (χ3n) is 5.34. The van der Waals surface area contributed by atoms with Crippen molar-refractivity contribution in [1.29, 1.82) is 0 Å². The molecular formula is C23H30N4O8S. The van der Waals surface area contributed by atoms with Gasteiger partial charge in [0, 0.05) is 20.6 Å². The van der Waals surface area contributed by atoms with Crippen molar-refractivity contribution in [3.05, 3.63) is 35.9 Å². The average molecular weight is 523 g/mol. The highest BCUT2D eigenvalue weighted by molar-refractivity contribution is 7.89. The molecule has 0 atom stereocenters. The molecule has 0 radical (unpaired) electrons. The van der Waals surface area contributed by atoms with E-state index in [9.17, 15) is 8.42 Å². The highest BCUT2D eigenvalue weighted by Crippen LogP contribution is 2.31. The van der Waals surface area contributed by atoms with Crippen molar-refractivity contribution in [2.24, 2.45) is 0 Å². The number of nitrogens with zero attached hydrogens (tertiary/aromatic N) is 3. The van der Waals surface area contributed by atoms with Crippen molar-refractivity contribution < 1.29 is 36.7 Å². The van der Waals surface area contributed by atoms with E-state index in [-0.39, 0.29) is 10.4 Å². The maximum atomic E-state index is 12.6. The van der Waals surface area contributed by atoms with Crippen LogP contribution in [-0.2, 0) is 30.8 Å². The quantitative estimate of drug-likeness (QED) is 0.526. The van der Waals surface area contributed by atoms with Gasteiger partial charge in [0.15, 0.2) is 22.5 Å². The lowest BCUT2D eigenvalue weighted by atomic mass is 10.2. The van der Waals surface area contributed by atoms with E-state index in [1.54, 1.807) is 6.07 Å². The second-order valence-corrected chi connectivity index (χ2v) is 10.1. The first-order valence-corrected chi connectivity index (χ1v) is 12.9. The second-order valence-electron chi connectivity index (χ2n) is 8.03. The van der Waals surface area contributed by atoms with E-state index in [0.717, 1.165) is 9.87 Å². The molecule has 0 unspecified atom stereocenters. The summed E-state index contributed by atoms with van der Waals surface area (Å²) in [6.07, 6.45) is 0. The summed E-state index contributed by atoms with van der Waals surface area (Å²) in [6.45, 7) is 3.99. The molecule has 1 aliphatic rings. The van der Waals surface area contributed by atoms with Crippen molar-refractivity contribution in [3.63, 3.8) is 0 Å². The maximum Gasteiger partial charge on any atom is 0.244 e. The highest BCUT2D eigenvalue weighted by Gasteiger charge is 2.24. The number of fused-ring (bicyclic) bond motifs is 2. The van der Waals surface area contributed by atoms with Gasteiger partial charge in [0.1, 0.15) is 18.1 Å². The molecule has 36 heavy (non-hydrogen) atoms. The largest absolute Gasteiger partial charge is 0.487 e. The Labute approximate surface area is 209 Å². The topological polar surface area (TPSA) is 134 Å². The first kappa shape index (κ1) is 26.1. The van der Waals surface area contributed by atoms with Crippen molar-refractivity contribution in [2.75, 3.05) is 72.3 Å². The maximum absolute atomic E-state index is 12.6. The minimum absolute atomic E-state index is 0.0274. The van der Waals surface area contributed by atoms with Crippen LogP contribution in [0.15, 0.2) is 39.9 Å². The van der Waals surface area contributed by atoms with Gasteiger partial charge in [0.05, 0.1) is 45.3 Å². The zero-order chi connectivity index (χ0) is 25.4. The van der Waals surface area contributed by atoms with Gasteiger partial charge in [-0.1, -0.05) is 6.07 Å². The van der Waals surface area contributed by atoms with Crippen LogP contribution >= 0.6 is 0 Å². The van der Waals surface area contributed by atoms with Crippen molar-refractivity contribution in [3.8, 4) is 11.5 Å². The summed E-state index contributed by atoms with van der Waals surface area (Å²) < 4.78 is 59.4. The van der Waals surface area contributed by atoms with Crippen LogP contribution < -0.4 is 14.8 Å². The van der Waals surface area contributed by atoms with Crippen molar-refractivity contribution in [1.82, 2.24) is 14.6 Å². The molecule has 12 nitrogen and oxygen atoms in total. The smallest absolute Gasteiger partial charge is 0.244 e. The third-order valence-corrected chi connectivity index (χ3v) is 7.19. The molecule has 0 aliphatic carbocycles. The summed E-state index contributed by atoms with van der Waals surface area (Å²) in [7, 11) is -0.792. The lowest BCUT2D eigenvalue weighted by molar-refractivity contribution is 0.00708. The molecule has 0 saturated heterocycles. The Balaban J connectivity index is 1.48. The molecule has 4 rings (SSSR count). The number of hydrogen-bond donors (Lipinski definition) is 1. The monoisotopic (exact) mass is 522 g/mol. The standard InChI is InChI=1S/C23H30N4O8S/c1-27(2)36(28,29)21-6-4-18(22-23(21)26-35-25-22)24-16-17-3-5-19-20(15-17)34-14-12-32-10-8-30-7-9-31-11-13-33-19/h3-6,15,24H,7-14,16H2,1-2H3. The van der Waals surface area contributed by atoms with Crippen molar-refractivity contribution in [2.45, 2.75) is 11.4 Å². The van der Waals surface area contributed by atoms with Gasteiger partial charge in [-0.3, -0.25) is 0 Å². The number of benzene rings is 2. The first-order valence-electron chi connectivity index (χ1n) is 11.5. The molecule has 196 valence electrons. The lowest BCUT2D eigenvalue weighted by Gasteiger charge is -2.15. The summed E-state index contributed by atoms with van der Waals surface area (Å²) in [6, 6.07) is 8.77. The van der Waals surface area contributed by atoms with E-state index < -0.39 is 10.0 Å². The predicted octanol–water partition coefficient (Wildman–Crippen LogP) is 1.91. The molecule has 0 spiro atoms. The predicted molar refractivity (Wildman–Crippen MR) is 130 cm³/mol. The van der Waals surface area contributed by atoms with Gasteiger partial charge in [-0.2, -0.15) is 0 Å². The van der Waals surface area contributed by atoms with Gasteiger partial charge in [-0.15, -0.1) is 0 Å². The van der Waals surface area contributed by atoms with Crippen LogP contribution in [-0.4, -0.2) is 90.0 Å². The normalized spacial score (nSPS) is 16.4. The Kier molecular flexibility index (Phi) is 8.93. The Hall–Kier alpha value is -2.97. The van der Waals surface area contributed by atoms with Crippen LogP contribution in [0.25, 0.3) is 11.0 Å². The van der Waals surface area contributed by atoms with E-state index in [1.165, 1.54) is 20.2 Å². The average Bonchev–Trinajstić information content (AvgIpc) is 3.35. The fourth-order valence-electron chi connectivity index (χ4n) is 3.45. The molecule has 1 aromatic heterocycles. The fraction of sp³-hybridized carbons (Fsp3) is 0.478. The lowest BCUT2D eigenvalue weighted by Crippen LogP contribution is -2.22. The van der Waals surface area contributed by atoms with Crippen LogP contribution in [0.1, 0.15) is 5.56 Å². The molecule has 2 aromatic carbocycles. The van der Waals surface area contributed by atoms with Crippen molar-refractivity contribution >= 4 is 26.7 Å². The molecule has 1 N–H and O–H groups in total. The van der Waals surface area contributed by atoms with Crippen LogP contribution in [0.5, 0.6) is 11.5 Å². The summed E-state index contributed by atoms with van der Waals surface area (Å²) in [5.74, 6) is 1.19. The SMILES string of the molecule is CN(C)S(=O)(=O)c1ccc(NCc2ccc3c(c2)OCCOCCOCCOCCO3)c2nonc12. The number of hydrogen-bond acceptors (Lipinski definition) is 11. The van der Waals surface area contributed by atoms with E-state index in [0.29, 0.717) is 82.1 Å². The van der Waals surface area contributed by atoms with Crippen LogP contribution in [0.2, 0.25) is 0 Å². The summed E-state index contributed by atoms with van der Waals surface area (Å²) in [4.78, 5) is 0.0274. The molecule has 2 heterocycles. The molecule has 0 bridgehead atoms. The molecule has 13 heteroatoms. The molecule has 0 fully saturated rings. The van der Waals surface area contributed by atoms with Gasteiger partial charge in [-0.05, 0) is 40.1 Å². The zero-order valence-electron chi connectivity index (χ0n) is 20.3. The molecule has 3 aromatic rings. The summed E-state index contributed by atoms with van der Waals surface area (Å²) in [5.41, 5.74) is 1.99. The minimum Gasteiger partial charge on any atom is -0.487 e. The van der Waals surface area contributed by atoms with Gasteiger partial charge < -0.3 is 29.0 Å². The van der Waals surface area contributed by atoms with E-state index in [1.807, 2.05) is 18.2 Å². The summed E-state index contributed by atoms with van der Waals surface area (Å²) >= 11 is 0. The van der Waals surface area contributed by atoms with Gasteiger partial charge >= 0.3 is 0 Å². The van der Waals surface area contributed by atoms with Crippen LogP contribution in [0.3, 0.4) is 0 Å². The molecular weight excluding hydrogens is 492 g/mol. The van der Waals surface area contributed by atoms with Crippen LogP contribution in [0, 0.1) is 0 Å². The molecule has 0 amide bonds. The molecule has 1 aliphatic heterocycles. The number of ether oxygens (including phenoxy) is 5. The highest BCUT2D eigenvalue weighted by atomic mass is 32.2. The first-order chi connectivity index (χ1) is 17.5. The number of nitrogens with one attached hydrogen (secondary N) is 1. The van der Waals surface area contributed by atoms with E-state index in [2.05, 4.69) is 15.6 Å². The molecule has 0 saturated carbocycles. The summed E-state index contributed by atoms with van der Waals surface area (Å²) in [5, 5.41) is 11.0. The van der Waals surface area contributed by atoms with E-state index in [4.69, 9.17) is 28.3 Å². The van der Waals surface area contributed by atoms with E-state index >= 15 is 0 Å². The number of rotatable bonds is 5. The van der Waals surface area contributed by atoms with Crippen LogP contribution in [0.4, 0.5) is 5.69 Å². The number of sulfonamides is 1. The van der Waals surface area contributed by atoms with Gasteiger partial charge in [0.25, 0.3) is 0 Å². The Morgan fingerprint density at radius 1 is 0.806 bits per heavy atom. The van der Waals surface area contributed by atoms with Gasteiger partial charge in [0.2, 0.25) is 10.0 Å². The Morgan fingerprint density at radius 2 is 1.42 bits per heavy atom. The number of anilines is 1.